The van der Waals surface area contributed by atoms with Gasteiger partial charge in [-0.25, -0.2) is 4.39 Å². The van der Waals surface area contributed by atoms with Gasteiger partial charge < -0.3 is 9.64 Å². The molecule has 2 unspecified atom stereocenters. The van der Waals surface area contributed by atoms with E-state index >= 15 is 0 Å². The summed E-state index contributed by atoms with van der Waals surface area (Å²) in [4.78, 5) is 42.9. The quantitative estimate of drug-likeness (QED) is 0.405. The van der Waals surface area contributed by atoms with Crippen LogP contribution in [0.25, 0.3) is 0 Å². The molecule has 7 heteroatoms. The van der Waals surface area contributed by atoms with Crippen LogP contribution >= 0.6 is 0 Å². The lowest BCUT2D eigenvalue weighted by atomic mass is 9.86. The Bertz CT molecular complexity index is 968. The normalized spacial score (nSPS) is 22.2. The third kappa shape index (κ3) is 4.43. The molecule has 2 aliphatic heterocycles. The molecule has 0 N–H and O–H groups in total. The zero-order chi connectivity index (χ0) is 22.0. The highest BCUT2D eigenvalue weighted by Gasteiger charge is 2.51. The molecule has 2 aromatic carbocycles. The van der Waals surface area contributed by atoms with E-state index in [9.17, 15) is 18.8 Å². The van der Waals surface area contributed by atoms with Crippen molar-refractivity contribution in [3.8, 4) is 0 Å². The van der Waals surface area contributed by atoms with Crippen LogP contribution in [0.4, 0.5) is 4.39 Å². The average Bonchev–Trinajstić information content (AvgIpc) is 3.04. The number of morpholine rings is 1. The van der Waals surface area contributed by atoms with Crippen molar-refractivity contribution >= 4 is 17.5 Å². The van der Waals surface area contributed by atoms with Crippen molar-refractivity contribution in [2.45, 2.75) is 13.0 Å². The molecular formula is C24H25FN2O4. The maximum absolute atomic E-state index is 13.5. The number of aryl methyl sites for hydroxylation is 1. The van der Waals surface area contributed by atoms with Crippen molar-refractivity contribution in [3.63, 3.8) is 0 Å². The summed E-state index contributed by atoms with van der Waals surface area (Å²) in [7, 11) is 0. The second-order valence-electron chi connectivity index (χ2n) is 8.02. The summed E-state index contributed by atoms with van der Waals surface area (Å²) in [5.74, 6) is -3.32. The van der Waals surface area contributed by atoms with Crippen LogP contribution in [0.3, 0.4) is 0 Å². The molecule has 2 fully saturated rings. The molecule has 1 amide bonds. The number of hydrogen-bond donors (Lipinski definition) is 0. The summed E-state index contributed by atoms with van der Waals surface area (Å²) in [6.45, 7) is 5.56. The topological polar surface area (TPSA) is 66.9 Å². The number of ether oxygens (including phenoxy) is 1. The van der Waals surface area contributed by atoms with Gasteiger partial charge in [0.15, 0.2) is 5.78 Å². The number of hydrogen-bond acceptors (Lipinski definition) is 5. The summed E-state index contributed by atoms with van der Waals surface area (Å²) < 4.78 is 18.9. The van der Waals surface area contributed by atoms with Crippen LogP contribution in [0.15, 0.2) is 48.5 Å². The first-order chi connectivity index (χ1) is 15.0. The number of Topliss-reactive ketones (excluding diaryl/α,β-unsaturated/α-hetero) is 2. The number of ketones is 2. The van der Waals surface area contributed by atoms with Gasteiger partial charge in [-0.15, -0.1) is 0 Å². The first-order valence-corrected chi connectivity index (χ1v) is 10.5. The zero-order valence-electron chi connectivity index (χ0n) is 17.4. The van der Waals surface area contributed by atoms with E-state index < -0.39 is 29.5 Å². The molecule has 0 aliphatic carbocycles. The lowest BCUT2D eigenvalue weighted by Gasteiger charge is -2.31. The fourth-order valence-corrected chi connectivity index (χ4v) is 4.23. The lowest BCUT2D eigenvalue weighted by molar-refractivity contribution is -0.141. The van der Waals surface area contributed by atoms with E-state index in [0.717, 1.165) is 18.7 Å². The molecule has 0 bridgehead atoms. The minimum atomic E-state index is -1.15. The SMILES string of the molecule is Cc1ccc(C(=O)C2C(=O)C(=O)N(CCN3CCOCC3)C2c2ccc(F)cc2)cc1. The van der Waals surface area contributed by atoms with Crippen LogP contribution in [-0.4, -0.2) is 66.7 Å². The van der Waals surface area contributed by atoms with Crippen LogP contribution in [0, 0.1) is 18.7 Å². The molecule has 2 heterocycles. The first kappa shape index (κ1) is 21.3. The molecule has 31 heavy (non-hydrogen) atoms. The van der Waals surface area contributed by atoms with Gasteiger partial charge in [-0.1, -0.05) is 42.0 Å². The third-order valence-electron chi connectivity index (χ3n) is 6.00. The smallest absolute Gasteiger partial charge is 0.291 e. The van der Waals surface area contributed by atoms with Gasteiger partial charge in [0.2, 0.25) is 5.78 Å². The molecule has 162 valence electrons. The molecule has 2 aliphatic rings. The Kier molecular flexibility index (Phi) is 6.25. The molecule has 0 spiro atoms. The van der Waals surface area contributed by atoms with E-state index in [1.807, 2.05) is 6.92 Å². The van der Waals surface area contributed by atoms with Gasteiger partial charge >= 0.3 is 0 Å². The van der Waals surface area contributed by atoms with E-state index in [2.05, 4.69) is 4.90 Å². The van der Waals surface area contributed by atoms with Gasteiger partial charge in [0.05, 0.1) is 19.3 Å². The van der Waals surface area contributed by atoms with Gasteiger partial charge in [0, 0.05) is 31.7 Å². The number of halogens is 1. The first-order valence-electron chi connectivity index (χ1n) is 10.5. The molecule has 0 aromatic heterocycles. The zero-order valence-corrected chi connectivity index (χ0v) is 17.4. The summed E-state index contributed by atoms with van der Waals surface area (Å²) in [6, 6.07) is 11.9. The van der Waals surface area contributed by atoms with Gasteiger partial charge in [-0.2, -0.15) is 0 Å². The molecule has 2 atom stereocenters. The predicted molar refractivity (Wildman–Crippen MR) is 112 cm³/mol. The molecule has 0 radical (unpaired) electrons. The van der Waals surface area contributed by atoms with Crippen molar-refractivity contribution in [2.75, 3.05) is 39.4 Å². The lowest BCUT2D eigenvalue weighted by Crippen LogP contribution is -2.42. The maximum atomic E-state index is 13.5. The second-order valence-corrected chi connectivity index (χ2v) is 8.02. The Morgan fingerprint density at radius 1 is 1.00 bits per heavy atom. The van der Waals surface area contributed by atoms with E-state index in [0.29, 0.717) is 37.4 Å². The van der Waals surface area contributed by atoms with Gasteiger partial charge in [-0.3, -0.25) is 19.3 Å². The Hall–Kier alpha value is -2.90. The fraction of sp³-hybridized carbons (Fsp3) is 0.375. The number of benzene rings is 2. The molecule has 4 rings (SSSR count). The molecule has 6 nitrogen and oxygen atoms in total. The number of rotatable bonds is 6. The minimum absolute atomic E-state index is 0.310. The molecule has 0 saturated carbocycles. The van der Waals surface area contributed by atoms with Crippen LogP contribution in [0.2, 0.25) is 0 Å². The van der Waals surface area contributed by atoms with Crippen molar-refractivity contribution < 1.29 is 23.5 Å². The Balaban J connectivity index is 1.65. The van der Waals surface area contributed by atoms with Gasteiger partial charge in [0.25, 0.3) is 5.91 Å². The van der Waals surface area contributed by atoms with E-state index in [4.69, 9.17) is 4.74 Å². The van der Waals surface area contributed by atoms with Gasteiger partial charge in [0.1, 0.15) is 11.7 Å². The van der Waals surface area contributed by atoms with Crippen LogP contribution in [0.1, 0.15) is 27.5 Å². The van der Waals surface area contributed by atoms with E-state index in [-0.39, 0.29) is 5.78 Å². The average molecular weight is 424 g/mol. The highest BCUT2D eigenvalue weighted by molar-refractivity contribution is 6.44. The van der Waals surface area contributed by atoms with E-state index in [1.54, 1.807) is 36.4 Å². The van der Waals surface area contributed by atoms with Crippen LogP contribution in [0.5, 0.6) is 0 Å². The van der Waals surface area contributed by atoms with Crippen molar-refractivity contribution in [3.05, 3.63) is 71.0 Å². The van der Waals surface area contributed by atoms with Crippen LogP contribution in [-0.2, 0) is 14.3 Å². The van der Waals surface area contributed by atoms with Gasteiger partial charge in [-0.05, 0) is 24.6 Å². The summed E-state index contributed by atoms with van der Waals surface area (Å²) in [6.07, 6.45) is 0. The summed E-state index contributed by atoms with van der Waals surface area (Å²) in [5, 5.41) is 0. The minimum Gasteiger partial charge on any atom is -0.379 e. The highest BCUT2D eigenvalue weighted by atomic mass is 19.1. The van der Waals surface area contributed by atoms with Crippen molar-refractivity contribution in [1.29, 1.82) is 0 Å². The molecular weight excluding hydrogens is 399 g/mol. The highest BCUT2D eigenvalue weighted by Crippen LogP contribution is 2.38. The number of carbonyl (C=O) groups is 3. The molecule has 2 aromatic rings. The molecule has 2 saturated heterocycles. The van der Waals surface area contributed by atoms with Crippen molar-refractivity contribution in [1.82, 2.24) is 9.80 Å². The predicted octanol–water partition coefficient (Wildman–Crippen LogP) is 2.42. The largest absolute Gasteiger partial charge is 0.379 e. The van der Waals surface area contributed by atoms with E-state index in [1.165, 1.54) is 17.0 Å². The standard InChI is InChI=1S/C24H25FN2O4/c1-16-2-4-18(5-3-16)22(28)20-21(17-6-8-19(25)9-7-17)27(24(30)23(20)29)11-10-26-12-14-31-15-13-26/h2-9,20-21H,10-15H2,1H3. The number of carbonyl (C=O) groups excluding carboxylic acids is 3. The van der Waals surface area contributed by atoms with Crippen molar-refractivity contribution in [2.24, 2.45) is 5.92 Å². The second kappa shape index (κ2) is 9.08. The number of amides is 1. The fourth-order valence-electron chi connectivity index (χ4n) is 4.23. The number of nitrogens with zero attached hydrogens (tertiary/aromatic N) is 2. The Morgan fingerprint density at radius 2 is 1.65 bits per heavy atom. The monoisotopic (exact) mass is 424 g/mol. The Labute approximate surface area is 180 Å². The maximum Gasteiger partial charge on any atom is 0.291 e. The summed E-state index contributed by atoms with van der Waals surface area (Å²) >= 11 is 0. The summed E-state index contributed by atoms with van der Waals surface area (Å²) in [5.41, 5.74) is 1.96. The van der Waals surface area contributed by atoms with Crippen LogP contribution < -0.4 is 0 Å². The number of likely N-dealkylation sites (tertiary alicyclic amines) is 1. The Morgan fingerprint density at radius 3 is 2.29 bits per heavy atom. The third-order valence-corrected chi connectivity index (χ3v) is 6.00.